The van der Waals surface area contributed by atoms with Gasteiger partial charge >= 0.3 is 0 Å². The molecule has 0 aliphatic carbocycles. The number of hydrogen-bond donors (Lipinski definition) is 4. The number of aromatic nitrogens is 3. The van der Waals surface area contributed by atoms with E-state index in [2.05, 4.69) is 30.9 Å². The summed E-state index contributed by atoms with van der Waals surface area (Å²) in [6, 6.07) is 10.0. The Balaban J connectivity index is 1.51. The number of ether oxygens (including phenoxy) is 1. The Bertz CT molecular complexity index is 1570. The number of halogens is 1. The number of nitrogens with one attached hydrogen (secondary N) is 4. The van der Waals surface area contributed by atoms with Gasteiger partial charge in [0.15, 0.2) is 0 Å². The zero-order valence-electron chi connectivity index (χ0n) is 22.1. The van der Waals surface area contributed by atoms with Gasteiger partial charge in [0.2, 0.25) is 11.9 Å². The van der Waals surface area contributed by atoms with Crippen molar-refractivity contribution in [3.05, 3.63) is 59.5 Å². The van der Waals surface area contributed by atoms with E-state index in [0.717, 1.165) is 24.2 Å². The smallest absolute Gasteiger partial charge is 0.256 e. The lowest BCUT2D eigenvalue weighted by Gasteiger charge is -2.22. The van der Waals surface area contributed by atoms with Crippen LogP contribution in [0.15, 0.2) is 42.6 Å². The van der Waals surface area contributed by atoms with E-state index in [4.69, 9.17) is 4.74 Å². The van der Waals surface area contributed by atoms with E-state index in [-0.39, 0.29) is 29.7 Å². The first-order chi connectivity index (χ1) is 18.8. The van der Waals surface area contributed by atoms with Crippen LogP contribution in [0.5, 0.6) is 5.75 Å². The predicted octanol–water partition coefficient (Wildman–Crippen LogP) is 3.40. The summed E-state index contributed by atoms with van der Waals surface area (Å²) in [6.07, 6.45) is 2.52. The number of anilines is 5. The number of benzene rings is 2. The zero-order valence-corrected chi connectivity index (χ0v) is 22.1. The van der Waals surface area contributed by atoms with Gasteiger partial charge in [-0.1, -0.05) is 6.07 Å². The van der Waals surface area contributed by atoms with E-state index in [1.807, 2.05) is 17.0 Å². The molecule has 0 bridgehead atoms. The lowest BCUT2D eigenvalue weighted by Crippen LogP contribution is -2.35. The number of nitrogens with zero attached hydrogens (tertiary/aromatic N) is 4. The van der Waals surface area contributed by atoms with Gasteiger partial charge < -0.3 is 35.5 Å². The third kappa shape index (κ3) is 5.00. The molecule has 1 aliphatic rings. The van der Waals surface area contributed by atoms with E-state index in [9.17, 15) is 14.0 Å². The molecule has 5 rings (SSSR count). The third-order valence-corrected chi connectivity index (χ3v) is 6.60. The van der Waals surface area contributed by atoms with Gasteiger partial charge in [-0.15, -0.1) is 0 Å². The molecule has 2 aromatic heterocycles. The van der Waals surface area contributed by atoms with Crippen LogP contribution >= 0.6 is 0 Å². The summed E-state index contributed by atoms with van der Waals surface area (Å²) in [4.78, 5) is 40.7. The van der Waals surface area contributed by atoms with E-state index >= 15 is 0 Å². The van der Waals surface area contributed by atoms with Gasteiger partial charge in [0.1, 0.15) is 23.0 Å². The second-order valence-electron chi connectivity index (χ2n) is 9.27. The summed E-state index contributed by atoms with van der Waals surface area (Å²) >= 11 is 0. The van der Waals surface area contributed by atoms with Crippen molar-refractivity contribution in [1.82, 2.24) is 25.2 Å². The Hall–Kier alpha value is -4.87. The number of fused-ring (bicyclic) bond motifs is 2. The largest absolute Gasteiger partial charge is 0.495 e. The Morgan fingerprint density at radius 3 is 2.72 bits per heavy atom. The third-order valence-electron chi connectivity index (χ3n) is 6.60. The monoisotopic (exact) mass is 532 g/mol. The van der Waals surface area contributed by atoms with E-state index < -0.39 is 11.7 Å². The van der Waals surface area contributed by atoms with E-state index in [1.54, 1.807) is 44.4 Å². The molecule has 39 heavy (non-hydrogen) atoms. The summed E-state index contributed by atoms with van der Waals surface area (Å²) < 4.78 is 20.2. The van der Waals surface area contributed by atoms with Crippen molar-refractivity contribution in [3.63, 3.8) is 0 Å². The quantitative estimate of drug-likeness (QED) is 0.272. The topological polar surface area (TPSA) is 128 Å². The molecule has 3 heterocycles. The van der Waals surface area contributed by atoms with Gasteiger partial charge in [0.25, 0.3) is 5.91 Å². The Morgan fingerprint density at radius 1 is 1.15 bits per heavy atom. The number of methoxy groups -OCH3 is 1. The highest BCUT2D eigenvalue weighted by Crippen LogP contribution is 2.38. The number of carbonyl (C=O) groups is 2. The second kappa shape index (κ2) is 10.5. The number of likely N-dealkylation sites (N-methyl/N-ethyl adjacent to an activating group) is 1. The molecule has 0 saturated heterocycles. The van der Waals surface area contributed by atoms with Gasteiger partial charge in [-0.3, -0.25) is 9.59 Å². The molecular weight excluding hydrogens is 503 g/mol. The summed E-state index contributed by atoms with van der Waals surface area (Å²) in [5.74, 6) is 0.0187. The molecule has 2 aromatic carbocycles. The lowest BCUT2D eigenvalue weighted by molar-refractivity contribution is -0.127. The van der Waals surface area contributed by atoms with Gasteiger partial charge in [0.05, 0.1) is 36.0 Å². The molecule has 4 N–H and O–H groups in total. The molecule has 0 saturated carbocycles. The van der Waals surface area contributed by atoms with Crippen LogP contribution < -0.4 is 25.6 Å². The predicted molar refractivity (Wildman–Crippen MR) is 148 cm³/mol. The molecule has 11 nitrogen and oxygen atoms in total. The van der Waals surface area contributed by atoms with Gasteiger partial charge in [-0.2, -0.15) is 9.97 Å². The minimum Gasteiger partial charge on any atom is -0.495 e. The molecule has 0 radical (unpaired) electrons. The van der Waals surface area contributed by atoms with Crippen LogP contribution in [0.2, 0.25) is 0 Å². The second-order valence-corrected chi connectivity index (χ2v) is 9.27. The number of amides is 2. The maximum Gasteiger partial charge on any atom is 0.256 e. The van der Waals surface area contributed by atoms with Crippen LogP contribution in [0.3, 0.4) is 0 Å². The van der Waals surface area contributed by atoms with Gasteiger partial charge in [0, 0.05) is 39.6 Å². The summed E-state index contributed by atoms with van der Waals surface area (Å²) in [6.45, 7) is 0.994. The molecule has 4 aromatic rings. The number of aromatic amines is 1. The first kappa shape index (κ1) is 25.8. The maximum atomic E-state index is 14.6. The van der Waals surface area contributed by atoms with Crippen molar-refractivity contribution in [2.45, 2.75) is 6.42 Å². The summed E-state index contributed by atoms with van der Waals surface area (Å²) in [7, 11) is 6.50. The van der Waals surface area contributed by atoms with Crippen molar-refractivity contribution in [1.29, 1.82) is 0 Å². The molecule has 2 amide bonds. The van der Waals surface area contributed by atoms with Gasteiger partial charge in [-0.05, 0) is 42.3 Å². The molecule has 12 heteroatoms. The Morgan fingerprint density at radius 2 is 1.97 bits per heavy atom. The highest BCUT2D eigenvalue weighted by atomic mass is 19.1. The molecule has 1 aliphatic heterocycles. The SMILES string of the molecule is CNC(=O)c1c(F)cccc1Nc1nc(Nc2cc3c(cc2OC)CCN3CC(=O)N(C)C)nc2[nH]ccc12. The van der Waals surface area contributed by atoms with Crippen LogP contribution in [-0.2, 0) is 11.2 Å². The molecule has 0 unspecified atom stereocenters. The van der Waals surface area contributed by atoms with Crippen molar-refractivity contribution < 1.29 is 18.7 Å². The minimum absolute atomic E-state index is 0.0119. The van der Waals surface area contributed by atoms with Crippen LogP contribution in [0.1, 0.15) is 15.9 Å². The molecular formula is C27H29FN8O3. The van der Waals surface area contributed by atoms with Crippen molar-refractivity contribution in [2.75, 3.05) is 56.9 Å². The van der Waals surface area contributed by atoms with Crippen LogP contribution in [0.4, 0.5) is 33.2 Å². The number of H-pyrrole nitrogens is 1. The molecule has 0 fully saturated rings. The molecule has 0 spiro atoms. The maximum absolute atomic E-state index is 14.6. The summed E-state index contributed by atoms with van der Waals surface area (Å²) in [5.41, 5.74) is 3.31. The van der Waals surface area contributed by atoms with Crippen LogP contribution in [-0.4, -0.2) is 73.0 Å². The fraction of sp³-hybridized carbons (Fsp3) is 0.259. The highest BCUT2D eigenvalue weighted by molar-refractivity contribution is 6.01. The Labute approximate surface area is 224 Å². The molecule has 202 valence electrons. The average Bonchev–Trinajstić information content (AvgIpc) is 3.55. The standard InChI is InChI=1S/C27H29FN8O3/c1-29-26(38)23-17(28)6-5-7-18(23)31-25-16-8-10-30-24(16)33-27(34-25)32-19-13-20-15(12-21(19)39-4)9-11-36(20)14-22(37)35(2)3/h5-8,10,12-13H,9,11,14H2,1-4H3,(H,29,38)(H3,30,31,32,33,34). The first-order valence-corrected chi connectivity index (χ1v) is 12.3. The van der Waals surface area contributed by atoms with Crippen LogP contribution in [0, 0.1) is 5.82 Å². The zero-order chi connectivity index (χ0) is 27.7. The fourth-order valence-corrected chi connectivity index (χ4v) is 4.54. The lowest BCUT2D eigenvalue weighted by atomic mass is 10.1. The fourth-order valence-electron chi connectivity index (χ4n) is 4.54. The Kier molecular flexibility index (Phi) is 6.92. The normalized spacial score (nSPS) is 12.3. The number of carbonyl (C=O) groups excluding carboxylic acids is 2. The highest BCUT2D eigenvalue weighted by Gasteiger charge is 2.25. The molecule has 0 atom stereocenters. The minimum atomic E-state index is -0.655. The van der Waals surface area contributed by atoms with Crippen LogP contribution in [0.25, 0.3) is 11.0 Å². The van der Waals surface area contributed by atoms with E-state index in [1.165, 1.54) is 19.2 Å². The van der Waals surface area contributed by atoms with E-state index in [0.29, 0.717) is 28.3 Å². The van der Waals surface area contributed by atoms with Crippen molar-refractivity contribution in [3.8, 4) is 5.75 Å². The average molecular weight is 533 g/mol. The van der Waals surface area contributed by atoms with Crippen molar-refractivity contribution >= 4 is 51.7 Å². The number of hydrogen-bond acceptors (Lipinski definition) is 8. The number of rotatable bonds is 8. The van der Waals surface area contributed by atoms with Gasteiger partial charge in [-0.25, -0.2) is 4.39 Å². The summed E-state index contributed by atoms with van der Waals surface area (Å²) in [5, 5.41) is 9.46. The first-order valence-electron chi connectivity index (χ1n) is 12.3. The van der Waals surface area contributed by atoms with Crippen molar-refractivity contribution in [2.24, 2.45) is 0 Å².